The fourth-order valence-corrected chi connectivity index (χ4v) is 3.22. The normalized spacial score (nSPS) is 10.6. The van der Waals surface area contributed by atoms with E-state index in [1.165, 1.54) is 19.4 Å². The first-order valence-corrected chi connectivity index (χ1v) is 10.2. The van der Waals surface area contributed by atoms with Crippen molar-refractivity contribution in [3.63, 3.8) is 0 Å². The second-order valence-corrected chi connectivity index (χ2v) is 7.63. The van der Waals surface area contributed by atoms with E-state index in [1.807, 2.05) is 6.07 Å². The Kier molecular flexibility index (Phi) is 7.50. The van der Waals surface area contributed by atoms with E-state index in [0.717, 1.165) is 21.8 Å². The monoisotopic (exact) mass is 562 g/mol. The van der Waals surface area contributed by atoms with Gasteiger partial charge in [0.05, 0.1) is 29.2 Å². The zero-order chi connectivity index (χ0) is 24.0. The van der Waals surface area contributed by atoms with Gasteiger partial charge in [-0.15, -0.1) is 0 Å². The number of methoxy groups -OCH3 is 1. The Balaban J connectivity index is 1.77. The molecule has 168 valence electrons. The minimum Gasteiger partial charge on any atom is -0.493 e. The number of hydrazone groups is 1. The standard InChI is InChI=1S/C21H15IN4O7/c1-32-20-9-13(12-23-24-21(27)14-3-2-4-15(22)10-14)5-7-19(20)33-18-8-6-16(25(28)29)11-17(18)26(30)31/h2-12H,1H3,(H,24,27)/b23-12-. The Labute approximate surface area is 200 Å². The molecule has 0 bridgehead atoms. The molecule has 0 unspecified atom stereocenters. The van der Waals surface area contributed by atoms with Crippen LogP contribution in [-0.4, -0.2) is 29.1 Å². The predicted molar refractivity (Wildman–Crippen MR) is 127 cm³/mol. The molecule has 3 aromatic rings. The van der Waals surface area contributed by atoms with Crippen LogP contribution in [0.5, 0.6) is 17.2 Å². The summed E-state index contributed by atoms with van der Waals surface area (Å²) in [4.78, 5) is 32.8. The molecule has 0 aromatic heterocycles. The molecule has 0 fully saturated rings. The maximum Gasteiger partial charge on any atom is 0.318 e. The van der Waals surface area contributed by atoms with E-state index in [1.54, 1.807) is 30.3 Å². The first-order chi connectivity index (χ1) is 15.8. The van der Waals surface area contributed by atoms with Gasteiger partial charge in [0.1, 0.15) is 0 Å². The van der Waals surface area contributed by atoms with Crippen LogP contribution in [0.1, 0.15) is 15.9 Å². The molecular formula is C21H15IN4O7. The van der Waals surface area contributed by atoms with E-state index in [0.29, 0.717) is 11.1 Å². The van der Waals surface area contributed by atoms with Gasteiger partial charge >= 0.3 is 5.69 Å². The number of amides is 1. The molecule has 3 rings (SSSR count). The molecule has 33 heavy (non-hydrogen) atoms. The molecule has 11 nitrogen and oxygen atoms in total. The van der Waals surface area contributed by atoms with Gasteiger partial charge in [0, 0.05) is 15.2 Å². The van der Waals surface area contributed by atoms with E-state index in [4.69, 9.17) is 9.47 Å². The summed E-state index contributed by atoms with van der Waals surface area (Å²) in [5, 5.41) is 26.1. The van der Waals surface area contributed by atoms with E-state index >= 15 is 0 Å². The minimum absolute atomic E-state index is 0.148. The first-order valence-electron chi connectivity index (χ1n) is 9.16. The van der Waals surface area contributed by atoms with Crippen molar-refractivity contribution in [2.24, 2.45) is 5.10 Å². The predicted octanol–water partition coefficient (Wildman–Crippen LogP) is 4.67. The summed E-state index contributed by atoms with van der Waals surface area (Å²) >= 11 is 2.10. The maximum absolute atomic E-state index is 12.2. The highest BCUT2D eigenvalue weighted by molar-refractivity contribution is 14.1. The average molecular weight is 562 g/mol. The summed E-state index contributed by atoms with van der Waals surface area (Å²) in [5.41, 5.74) is 2.45. The van der Waals surface area contributed by atoms with Gasteiger partial charge in [-0.3, -0.25) is 25.0 Å². The SMILES string of the molecule is COc1cc(/C=N\NC(=O)c2cccc(I)c2)ccc1Oc1ccc([N+](=O)[O-])cc1[N+](=O)[O-]. The van der Waals surface area contributed by atoms with Gasteiger partial charge in [0.15, 0.2) is 11.5 Å². The average Bonchev–Trinajstić information content (AvgIpc) is 2.79. The third-order valence-corrected chi connectivity index (χ3v) is 4.90. The van der Waals surface area contributed by atoms with Crippen molar-refractivity contribution in [1.82, 2.24) is 5.43 Å². The number of nitrogens with one attached hydrogen (secondary N) is 1. The first kappa shape index (κ1) is 23.6. The summed E-state index contributed by atoms with van der Waals surface area (Å²) in [6, 6.07) is 14.7. The Morgan fingerprint density at radius 2 is 1.76 bits per heavy atom. The number of rotatable bonds is 8. The Morgan fingerprint density at radius 3 is 2.42 bits per heavy atom. The lowest BCUT2D eigenvalue weighted by Crippen LogP contribution is -2.17. The summed E-state index contributed by atoms with van der Waals surface area (Å²) in [7, 11) is 1.38. The van der Waals surface area contributed by atoms with Crippen molar-refractivity contribution in [3.8, 4) is 17.2 Å². The lowest BCUT2D eigenvalue weighted by atomic mass is 10.2. The molecule has 12 heteroatoms. The van der Waals surface area contributed by atoms with Crippen LogP contribution in [0.4, 0.5) is 11.4 Å². The summed E-state index contributed by atoms with van der Waals surface area (Å²) in [5.74, 6) is -0.178. The van der Waals surface area contributed by atoms with Crippen molar-refractivity contribution < 1.29 is 24.1 Å². The Morgan fingerprint density at radius 1 is 1.00 bits per heavy atom. The maximum atomic E-state index is 12.2. The molecule has 0 atom stereocenters. The van der Waals surface area contributed by atoms with Crippen LogP contribution < -0.4 is 14.9 Å². The van der Waals surface area contributed by atoms with Crippen LogP contribution in [0, 0.1) is 23.8 Å². The highest BCUT2D eigenvalue weighted by atomic mass is 127. The van der Waals surface area contributed by atoms with Gasteiger partial charge < -0.3 is 9.47 Å². The third-order valence-electron chi connectivity index (χ3n) is 4.22. The Hall–Kier alpha value is -4.07. The van der Waals surface area contributed by atoms with E-state index < -0.39 is 21.2 Å². The van der Waals surface area contributed by atoms with E-state index in [-0.39, 0.29) is 23.2 Å². The van der Waals surface area contributed by atoms with Crippen LogP contribution in [-0.2, 0) is 0 Å². The fourth-order valence-electron chi connectivity index (χ4n) is 2.68. The molecule has 0 saturated carbocycles. The number of carbonyl (C=O) groups excluding carboxylic acids is 1. The van der Waals surface area contributed by atoms with Gasteiger partial charge in [-0.05, 0) is 70.6 Å². The lowest BCUT2D eigenvalue weighted by molar-refractivity contribution is -0.394. The zero-order valence-electron chi connectivity index (χ0n) is 16.9. The van der Waals surface area contributed by atoms with Crippen molar-refractivity contribution in [3.05, 3.63) is 95.6 Å². The molecule has 0 radical (unpaired) electrons. The molecule has 0 saturated heterocycles. The smallest absolute Gasteiger partial charge is 0.318 e. The molecule has 0 aliphatic carbocycles. The molecule has 0 aliphatic heterocycles. The minimum atomic E-state index is -0.772. The van der Waals surface area contributed by atoms with Gasteiger partial charge in [-0.2, -0.15) is 5.10 Å². The lowest BCUT2D eigenvalue weighted by Gasteiger charge is -2.11. The number of non-ortho nitro benzene ring substituents is 1. The Bertz CT molecular complexity index is 1260. The fraction of sp³-hybridized carbons (Fsp3) is 0.0476. The number of nitro groups is 2. The van der Waals surface area contributed by atoms with Crippen LogP contribution in [0.2, 0.25) is 0 Å². The highest BCUT2D eigenvalue weighted by Gasteiger charge is 2.22. The number of hydrogen-bond acceptors (Lipinski definition) is 8. The number of nitro benzene ring substituents is 2. The highest BCUT2D eigenvalue weighted by Crippen LogP contribution is 2.38. The van der Waals surface area contributed by atoms with Crippen molar-refractivity contribution >= 4 is 46.1 Å². The molecule has 0 aliphatic rings. The third kappa shape index (κ3) is 6.00. The quantitative estimate of drug-likeness (QED) is 0.182. The van der Waals surface area contributed by atoms with Gasteiger partial charge in [0.2, 0.25) is 5.75 Å². The summed E-state index contributed by atoms with van der Waals surface area (Å²) in [6.45, 7) is 0. The second kappa shape index (κ2) is 10.5. The second-order valence-electron chi connectivity index (χ2n) is 6.39. The summed E-state index contributed by atoms with van der Waals surface area (Å²) in [6.07, 6.45) is 1.40. The zero-order valence-corrected chi connectivity index (χ0v) is 19.1. The number of carbonyl (C=O) groups is 1. The molecule has 0 heterocycles. The largest absolute Gasteiger partial charge is 0.493 e. The molecule has 0 spiro atoms. The number of hydrogen-bond donors (Lipinski definition) is 1. The van der Waals surface area contributed by atoms with E-state index in [2.05, 4.69) is 33.1 Å². The molecule has 1 amide bonds. The van der Waals surface area contributed by atoms with Crippen molar-refractivity contribution in [2.75, 3.05) is 7.11 Å². The van der Waals surface area contributed by atoms with Gasteiger partial charge in [-0.25, -0.2) is 5.43 Å². The number of ether oxygens (including phenoxy) is 2. The van der Waals surface area contributed by atoms with Crippen molar-refractivity contribution in [1.29, 1.82) is 0 Å². The topological polar surface area (TPSA) is 146 Å². The molecule has 1 N–H and O–H groups in total. The number of benzene rings is 3. The van der Waals surface area contributed by atoms with Crippen LogP contribution in [0.15, 0.2) is 65.8 Å². The van der Waals surface area contributed by atoms with Crippen LogP contribution in [0.25, 0.3) is 0 Å². The molecular weight excluding hydrogens is 547 g/mol. The van der Waals surface area contributed by atoms with Crippen molar-refractivity contribution in [2.45, 2.75) is 0 Å². The van der Waals surface area contributed by atoms with Gasteiger partial charge in [-0.1, -0.05) is 6.07 Å². The number of halogens is 1. The number of nitrogens with zero attached hydrogens (tertiary/aromatic N) is 3. The van der Waals surface area contributed by atoms with Gasteiger partial charge in [0.25, 0.3) is 11.6 Å². The van der Waals surface area contributed by atoms with E-state index in [9.17, 15) is 25.0 Å². The molecule has 3 aromatic carbocycles. The van der Waals surface area contributed by atoms with Crippen LogP contribution >= 0.6 is 22.6 Å². The summed E-state index contributed by atoms with van der Waals surface area (Å²) < 4.78 is 11.8. The van der Waals surface area contributed by atoms with Crippen LogP contribution in [0.3, 0.4) is 0 Å².